The van der Waals surface area contributed by atoms with Crippen molar-refractivity contribution in [3.05, 3.63) is 18.5 Å². The highest BCUT2D eigenvalue weighted by Gasteiger charge is 2.18. The number of ether oxygens (including phenoxy) is 1. The largest absolute Gasteiger partial charge is 0.378 e. The second-order valence-corrected chi connectivity index (χ2v) is 4.51. The van der Waals surface area contributed by atoms with Crippen LogP contribution in [0, 0.1) is 0 Å². The van der Waals surface area contributed by atoms with Crippen LogP contribution >= 0.6 is 0 Å². The van der Waals surface area contributed by atoms with Gasteiger partial charge in [-0.1, -0.05) is 0 Å². The van der Waals surface area contributed by atoms with Crippen molar-refractivity contribution in [1.29, 1.82) is 0 Å². The number of hydrogen-bond acceptors (Lipinski definition) is 4. The Balaban J connectivity index is 1.70. The number of carbonyl (C=O) groups is 1. The number of nitrogens with zero attached hydrogens (tertiary/aromatic N) is 3. The minimum absolute atomic E-state index is 0.144. The number of carbonyl (C=O) groups excluding carboxylic acids is 1. The van der Waals surface area contributed by atoms with Crippen LogP contribution in [0.25, 0.3) is 0 Å². The summed E-state index contributed by atoms with van der Waals surface area (Å²) in [5.74, 6) is 0.144. The second-order valence-electron chi connectivity index (χ2n) is 4.51. The first-order chi connectivity index (χ1) is 8.75. The lowest BCUT2D eigenvalue weighted by Gasteiger charge is -2.25. The maximum Gasteiger partial charge on any atom is 0.224 e. The van der Waals surface area contributed by atoms with Crippen LogP contribution in [-0.4, -0.2) is 60.0 Å². The predicted molar refractivity (Wildman–Crippen MR) is 67.1 cm³/mol. The van der Waals surface area contributed by atoms with E-state index in [-0.39, 0.29) is 11.9 Å². The Morgan fingerprint density at radius 3 is 3.22 bits per heavy atom. The van der Waals surface area contributed by atoms with Gasteiger partial charge in [0.2, 0.25) is 5.91 Å². The Morgan fingerprint density at radius 2 is 2.56 bits per heavy atom. The number of likely N-dealkylation sites (N-methyl/N-ethyl adjacent to an activating group) is 1. The molecule has 1 amide bonds. The van der Waals surface area contributed by atoms with Gasteiger partial charge in [-0.05, 0) is 6.07 Å². The van der Waals surface area contributed by atoms with E-state index in [9.17, 15) is 4.79 Å². The summed E-state index contributed by atoms with van der Waals surface area (Å²) >= 11 is 0. The van der Waals surface area contributed by atoms with Crippen molar-refractivity contribution >= 4 is 5.91 Å². The summed E-state index contributed by atoms with van der Waals surface area (Å²) in [7, 11) is 1.83. The zero-order valence-electron chi connectivity index (χ0n) is 10.7. The highest BCUT2D eigenvalue weighted by molar-refractivity contribution is 5.76. The van der Waals surface area contributed by atoms with Gasteiger partial charge in [-0.25, -0.2) is 0 Å². The standard InChI is InChI=1S/C12H20N4O2/c1-15(6-7-16-5-2-3-14-16)12(17)9-11-10-18-8-4-13-11/h2-3,5,11,13H,4,6-10H2,1H3. The molecular formula is C12H20N4O2. The lowest BCUT2D eigenvalue weighted by Crippen LogP contribution is -2.44. The van der Waals surface area contributed by atoms with E-state index in [4.69, 9.17) is 4.74 Å². The van der Waals surface area contributed by atoms with E-state index in [2.05, 4.69) is 10.4 Å². The second kappa shape index (κ2) is 6.51. The molecule has 0 spiro atoms. The van der Waals surface area contributed by atoms with Crippen molar-refractivity contribution < 1.29 is 9.53 Å². The van der Waals surface area contributed by atoms with Crippen LogP contribution in [-0.2, 0) is 16.1 Å². The van der Waals surface area contributed by atoms with Gasteiger partial charge < -0.3 is 15.0 Å². The van der Waals surface area contributed by atoms with E-state index in [0.29, 0.717) is 19.6 Å². The number of nitrogens with one attached hydrogen (secondary N) is 1. The van der Waals surface area contributed by atoms with Gasteiger partial charge in [0.05, 0.1) is 19.8 Å². The number of morpholine rings is 1. The molecule has 100 valence electrons. The van der Waals surface area contributed by atoms with Crippen molar-refractivity contribution in [2.45, 2.75) is 19.0 Å². The number of amides is 1. The monoisotopic (exact) mass is 252 g/mol. The normalized spacial score (nSPS) is 19.7. The molecule has 0 radical (unpaired) electrons. The Labute approximate surface area is 107 Å². The van der Waals surface area contributed by atoms with Gasteiger partial charge in [0, 0.05) is 45.0 Å². The van der Waals surface area contributed by atoms with E-state index >= 15 is 0 Å². The molecule has 1 fully saturated rings. The van der Waals surface area contributed by atoms with Crippen LogP contribution in [0.1, 0.15) is 6.42 Å². The topological polar surface area (TPSA) is 59.4 Å². The highest BCUT2D eigenvalue weighted by atomic mass is 16.5. The predicted octanol–water partition coefficient (Wildman–Crippen LogP) is -0.280. The van der Waals surface area contributed by atoms with E-state index in [0.717, 1.165) is 19.7 Å². The van der Waals surface area contributed by atoms with Crippen LogP contribution in [0.4, 0.5) is 0 Å². The fraction of sp³-hybridized carbons (Fsp3) is 0.667. The summed E-state index contributed by atoms with van der Waals surface area (Å²) in [6, 6.07) is 2.03. The number of hydrogen-bond donors (Lipinski definition) is 1. The van der Waals surface area contributed by atoms with Gasteiger partial charge in [-0.2, -0.15) is 5.10 Å². The molecule has 0 aromatic carbocycles. The van der Waals surface area contributed by atoms with Gasteiger partial charge in [0.15, 0.2) is 0 Å². The quantitative estimate of drug-likeness (QED) is 0.783. The zero-order chi connectivity index (χ0) is 12.8. The number of aromatic nitrogens is 2. The summed E-state index contributed by atoms with van der Waals surface area (Å²) in [4.78, 5) is 13.7. The highest BCUT2D eigenvalue weighted by Crippen LogP contribution is 2.02. The molecular weight excluding hydrogens is 232 g/mol. The molecule has 2 heterocycles. The van der Waals surface area contributed by atoms with Gasteiger partial charge in [0.25, 0.3) is 0 Å². The first-order valence-electron chi connectivity index (χ1n) is 6.28. The lowest BCUT2D eigenvalue weighted by molar-refractivity contribution is -0.131. The summed E-state index contributed by atoms with van der Waals surface area (Å²) in [6.45, 7) is 3.59. The van der Waals surface area contributed by atoms with Crippen LogP contribution in [0.5, 0.6) is 0 Å². The smallest absolute Gasteiger partial charge is 0.224 e. The molecule has 0 aliphatic carbocycles. The van der Waals surface area contributed by atoms with Crippen molar-refractivity contribution in [3.8, 4) is 0 Å². The molecule has 1 aromatic rings. The maximum atomic E-state index is 12.0. The Hall–Kier alpha value is -1.40. The van der Waals surface area contributed by atoms with Crippen molar-refractivity contribution in [3.63, 3.8) is 0 Å². The SMILES string of the molecule is CN(CCn1cccn1)C(=O)CC1COCCN1. The van der Waals surface area contributed by atoms with Gasteiger partial charge in [-0.15, -0.1) is 0 Å². The molecule has 18 heavy (non-hydrogen) atoms. The molecule has 1 saturated heterocycles. The summed E-state index contributed by atoms with van der Waals surface area (Å²) < 4.78 is 7.16. The summed E-state index contributed by atoms with van der Waals surface area (Å²) in [5, 5.41) is 7.39. The van der Waals surface area contributed by atoms with Crippen LogP contribution < -0.4 is 5.32 Å². The van der Waals surface area contributed by atoms with Crippen LogP contribution in [0.2, 0.25) is 0 Å². The van der Waals surface area contributed by atoms with E-state index in [1.807, 2.05) is 24.0 Å². The Kier molecular flexibility index (Phi) is 4.72. The molecule has 1 N–H and O–H groups in total. The average Bonchev–Trinajstić information content (AvgIpc) is 2.90. The summed E-state index contributed by atoms with van der Waals surface area (Å²) in [6.07, 6.45) is 4.13. The Morgan fingerprint density at radius 1 is 1.67 bits per heavy atom. The molecule has 1 atom stereocenters. The number of rotatable bonds is 5. The molecule has 2 rings (SSSR count). The molecule has 1 aromatic heterocycles. The zero-order valence-corrected chi connectivity index (χ0v) is 10.7. The lowest BCUT2D eigenvalue weighted by atomic mass is 10.2. The third-order valence-corrected chi connectivity index (χ3v) is 3.07. The van der Waals surface area contributed by atoms with Crippen LogP contribution in [0.15, 0.2) is 18.5 Å². The summed E-state index contributed by atoms with van der Waals surface area (Å²) in [5.41, 5.74) is 0. The minimum atomic E-state index is 0.144. The third-order valence-electron chi connectivity index (χ3n) is 3.07. The average molecular weight is 252 g/mol. The van der Waals surface area contributed by atoms with Gasteiger partial charge in [0.1, 0.15) is 0 Å². The van der Waals surface area contributed by atoms with E-state index in [1.165, 1.54) is 0 Å². The maximum absolute atomic E-state index is 12.0. The molecule has 1 aliphatic heterocycles. The van der Waals surface area contributed by atoms with Crippen LogP contribution in [0.3, 0.4) is 0 Å². The molecule has 1 aliphatic rings. The van der Waals surface area contributed by atoms with E-state index in [1.54, 1.807) is 11.1 Å². The van der Waals surface area contributed by atoms with Gasteiger partial charge in [-0.3, -0.25) is 9.48 Å². The first-order valence-corrected chi connectivity index (χ1v) is 6.28. The molecule has 6 heteroatoms. The van der Waals surface area contributed by atoms with Crippen molar-refractivity contribution in [2.75, 3.05) is 33.4 Å². The molecule has 6 nitrogen and oxygen atoms in total. The van der Waals surface area contributed by atoms with E-state index < -0.39 is 0 Å². The minimum Gasteiger partial charge on any atom is -0.378 e. The van der Waals surface area contributed by atoms with Gasteiger partial charge >= 0.3 is 0 Å². The first kappa shape index (κ1) is 13.0. The van der Waals surface area contributed by atoms with Crippen molar-refractivity contribution in [1.82, 2.24) is 20.0 Å². The third kappa shape index (κ3) is 3.82. The van der Waals surface area contributed by atoms with Crippen molar-refractivity contribution in [2.24, 2.45) is 0 Å². The Bertz CT molecular complexity index is 360. The fourth-order valence-corrected chi connectivity index (χ4v) is 1.93. The molecule has 1 unspecified atom stereocenters. The molecule has 0 bridgehead atoms. The molecule has 0 saturated carbocycles. The fourth-order valence-electron chi connectivity index (χ4n) is 1.93.